The van der Waals surface area contributed by atoms with E-state index in [-0.39, 0.29) is 0 Å². The third kappa shape index (κ3) is 3.21. The number of aromatic amines is 2. The highest BCUT2D eigenvalue weighted by Gasteiger charge is 2.21. The van der Waals surface area contributed by atoms with Crippen molar-refractivity contribution in [2.75, 3.05) is 13.1 Å². The first-order chi connectivity index (χ1) is 15.8. The Hall–Kier alpha value is -2.52. The van der Waals surface area contributed by atoms with Crippen LogP contribution < -0.4 is 10.6 Å². The van der Waals surface area contributed by atoms with Crippen molar-refractivity contribution in [2.24, 2.45) is 0 Å². The zero-order chi connectivity index (χ0) is 21.1. The number of H-pyrrole nitrogens is 2. The number of nitrogens with one attached hydrogen (secondary N) is 4. The lowest BCUT2D eigenvalue weighted by Gasteiger charge is -2.04. The van der Waals surface area contributed by atoms with Crippen LogP contribution >= 0.6 is 22.7 Å². The minimum absolute atomic E-state index is 0.370. The zero-order valence-corrected chi connectivity index (χ0v) is 19.2. The molecule has 2 saturated heterocycles. The molecule has 4 aromatic heterocycles. The molecule has 32 heavy (non-hydrogen) atoms. The fraction of sp³-hybridized carbons (Fsp3) is 0.333. The van der Waals surface area contributed by atoms with Gasteiger partial charge in [0.15, 0.2) is 0 Å². The van der Waals surface area contributed by atoms with Crippen LogP contribution in [0.4, 0.5) is 0 Å². The van der Waals surface area contributed by atoms with Crippen LogP contribution in [0.15, 0.2) is 36.7 Å². The number of hydrogen-bond acceptors (Lipinski definition) is 6. The van der Waals surface area contributed by atoms with Crippen molar-refractivity contribution >= 4 is 42.8 Å². The predicted molar refractivity (Wildman–Crippen MR) is 132 cm³/mol. The Morgan fingerprint density at radius 1 is 0.688 bits per heavy atom. The van der Waals surface area contributed by atoms with Crippen LogP contribution in [0.2, 0.25) is 0 Å². The van der Waals surface area contributed by atoms with Gasteiger partial charge in [0.1, 0.15) is 11.6 Å². The largest absolute Gasteiger partial charge is 0.340 e. The van der Waals surface area contributed by atoms with Crippen LogP contribution in [0.3, 0.4) is 0 Å². The molecule has 0 bridgehead atoms. The number of nitrogens with zero attached hydrogens (tertiary/aromatic N) is 2. The second-order valence-corrected chi connectivity index (χ2v) is 11.0. The topological polar surface area (TPSA) is 81.4 Å². The molecule has 7 rings (SSSR count). The van der Waals surface area contributed by atoms with Crippen LogP contribution in [0, 0.1) is 0 Å². The van der Waals surface area contributed by atoms with E-state index < -0.39 is 0 Å². The summed E-state index contributed by atoms with van der Waals surface area (Å²) < 4.78 is 2.62. The van der Waals surface area contributed by atoms with Gasteiger partial charge in [-0.1, -0.05) is 0 Å². The molecule has 2 aliphatic heterocycles. The van der Waals surface area contributed by atoms with Gasteiger partial charge in [-0.15, -0.1) is 22.7 Å². The second kappa shape index (κ2) is 7.52. The molecule has 5 aromatic rings. The monoisotopic (exact) mass is 460 g/mol. The van der Waals surface area contributed by atoms with Gasteiger partial charge in [-0.3, -0.25) is 0 Å². The molecule has 0 amide bonds. The van der Waals surface area contributed by atoms with Gasteiger partial charge in [0.2, 0.25) is 0 Å². The molecule has 162 valence electrons. The fourth-order valence-corrected chi connectivity index (χ4v) is 7.07. The Morgan fingerprint density at radius 2 is 1.19 bits per heavy atom. The van der Waals surface area contributed by atoms with Crippen molar-refractivity contribution in [1.29, 1.82) is 0 Å². The highest BCUT2D eigenvalue weighted by molar-refractivity contribution is 7.23. The summed E-state index contributed by atoms with van der Waals surface area (Å²) in [7, 11) is 0. The van der Waals surface area contributed by atoms with Gasteiger partial charge in [0.05, 0.1) is 45.6 Å². The molecule has 0 aliphatic carbocycles. The Balaban J connectivity index is 1.20. The maximum Gasteiger partial charge on any atom is 0.123 e. The van der Waals surface area contributed by atoms with E-state index in [1.54, 1.807) is 0 Å². The van der Waals surface area contributed by atoms with E-state index in [0.717, 1.165) is 49.0 Å². The van der Waals surface area contributed by atoms with E-state index in [9.17, 15) is 0 Å². The Morgan fingerprint density at radius 3 is 1.62 bits per heavy atom. The standard InChI is InChI=1S/C24H24N6S2/c1-3-15(25-5-1)23-27-11-17(29-23)21-9-13-7-20-14(8-19(13)31-21)10-22(32-20)18-12-28-24(30-18)16-4-2-6-26-16/h7-12,15-16,25-26H,1-6H2,(H,27,29)(H,28,30)/t15-,16-/m0/s1. The molecule has 2 fully saturated rings. The van der Waals surface area contributed by atoms with Gasteiger partial charge in [-0.25, -0.2) is 9.97 Å². The normalized spacial score (nSPS) is 21.4. The van der Waals surface area contributed by atoms with Gasteiger partial charge >= 0.3 is 0 Å². The number of fused-ring (bicyclic) bond motifs is 2. The van der Waals surface area contributed by atoms with Crippen molar-refractivity contribution in [3.05, 3.63) is 48.3 Å². The lowest BCUT2D eigenvalue weighted by Crippen LogP contribution is -2.14. The highest BCUT2D eigenvalue weighted by atomic mass is 32.1. The minimum atomic E-state index is 0.370. The third-order valence-electron chi connectivity index (χ3n) is 6.66. The number of benzene rings is 1. The molecule has 6 heterocycles. The molecule has 0 spiro atoms. The zero-order valence-electron chi connectivity index (χ0n) is 17.6. The number of hydrogen-bond donors (Lipinski definition) is 4. The van der Waals surface area contributed by atoms with Crippen molar-refractivity contribution in [3.63, 3.8) is 0 Å². The van der Waals surface area contributed by atoms with Crippen LogP contribution in [0.25, 0.3) is 41.3 Å². The highest BCUT2D eigenvalue weighted by Crippen LogP contribution is 2.40. The molecule has 2 atom stereocenters. The first kappa shape index (κ1) is 19.0. The molecule has 6 nitrogen and oxygen atoms in total. The summed E-state index contributed by atoms with van der Waals surface area (Å²) in [5.74, 6) is 2.12. The molecule has 0 saturated carbocycles. The average molecular weight is 461 g/mol. The molecule has 0 radical (unpaired) electrons. The van der Waals surface area contributed by atoms with Gasteiger partial charge in [0.25, 0.3) is 0 Å². The van der Waals surface area contributed by atoms with Crippen LogP contribution in [-0.2, 0) is 0 Å². The number of imidazole rings is 2. The SMILES string of the molecule is c1nc([C@@H]2CCCN2)[nH]c1-c1cc2cc3sc(-c4cnc([C@@H]5CCCN5)[nH]4)cc3cc2s1. The number of rotatable bonds is 4. The summed E-state index contributed by atoms with van der Waals surface area (Å²) in [6.07, 6.45) is 8.73. The van der Waals surface area contributed by atoms with Crippen LogP contribution in [0.5, 0.6) is 0 Å². The molecular formula is C24H24N6S2. The van der Waals surface area contributed by atoms with E-state index in [1.807, 2.05) is 35.1 Å². The number of thiophene rings is 2. The van der Waals surface area contributed by atoms with Gasteiger partial charge < -0.3 is 20.6 Å². The second-order valence-electron chi connectivity index (χ2n) is 8.81. The quantitative estimate of drug-likeness (QED) is 0.275. The summed E-state index contributed by atoms with van der Waals surface area (Å²) >= 11 is 3.66. The molecule has 1 aromatic carbocycles. The summed E-state index contributed by atoms with van der Waals surface area (Å²) in [4.78, 5) is 18.9. The van der Waals surface area contributed by atoms with E-state index in [4.69, 9.17) is 0 Å². The van der Waals surface area contributed by atoms with E-state index in [1.165, 1.54) is 42.8 Å². The first-order valence-corrected chi connectivity index (χ1v) is 13.0. The molecular weight excluding hydrogens is 436 g/mol. The van der Waals surface area contributed by atoms with Crippen molar-refractivity contribution < 1.29 is 0 Å². The Kier molecular flexibility index (Phi) is 4.46. The summed E-state index contributed by atoms with van der Waals surface area (Å²) in [6.45, 7) is 2.17. The minimum Gasteiger partial charge on any atom is -0.340 e. The van der Waals surface area contributed by atoms with Crippen molar-refractivity contribution in [2.45, 2.75) is 37.8 Å². The molecule has 0 unspecified atom stereocenters. The van der Waals surface area contributed by atoms with Gasteiger partial charge in [-0.05, 0) is 73.8 Å². The van der Waals surface area contributed by atoms with Gasteiger partial charge in [-0.2, -0.15) is 0 Å². The lowest BCUT2D eigenvalue weighted by molar-refractivity contribution is 0.613. The maximum atomic E-state index is 4.64. The Labute approximate surface area is 193 Å². The van der Waals surface area contributed by atoms with E-state index >= 15 is 0 Å². The van der Waals surface area contributed by atoms with Crippen molar-refractivity contribution in [1.82, 2.24) is 30.6 Å². The Bertz CT molecular complexity index is 1260. The summed E-state index contributed by atoms with van der Waals surface area (Å²) in [5.41, 5.74) is 2.23. The number of aromatic nitrogens is 4. The molecule has 4 N–H and O–H groups in total. The predicted octanol–water partition coefficient (Wildman–Crippen LogP) is 5.75. The third-order valence-corrected chi connectivity index (χ3v) is 8.92. The average Bonchev–Trinajstić information content (AvgIpc) is 3.65. The van der Waals surface area contributed by atoms with Crippen LogP contribution in [0.1, 0.15) is 49.4 Å². The lowest BCUT2D eigenvalue weighted by atomic mass is 10.2. The maximum absolute atomic E-state index is 4.64. The first-order valence-electron chi connectivity index (χ1n) is 11.3. The smallest absolute Gasteiger partial charge is 0.123 e. The van der Waals surface area contributed by atoms with Gasteiger partial charge in [0, 0.05) is 9.40 Å². The van der Waals surface area contributed by atoms with Crippen LogP contribution in [-0.4, -0.2) is 33.0 Å². The fourth-order valence-electron chi connectivity index (χ4n) is 4.95. The summed E-state index contributed by atoms with van der Waals surface area (Å²) in [5, 5.41) is 9.62. The molecule has 2 aliphatic rings. The summed E-state index contributed by atoms with van der Waals surface area (Å²) in [6, 6.07) is 9.97. The molecule has 8 heteroatoms. The van der Waals surface area contributed by atoms with E-state index in [0.29, 0.717) is 12.1 Å². The van der Waals surface area contributed by atoms with Crippen molar-refractivity contribution in [3.8, 4) is 21.1 Å². The van der Waals surface area contributed by atoms with E-state index in [2.05, 4.69) is 54.8 Å².